The standard InChI is InChI=1S/C23H30F3N3O3/c1-22(2,3)16-5-4-15(11-17(16)24)28-21(32)19(13-6-8-23(25,26)9-7-13)29-20(31)14-10-18(30)27-12-14/h4-5,11,13-14,19H,6-10,12H2,1-3H3,(H,27,30)(H,28,32)(H,29,31)/t14-,19+/m1/s1. The number of amides is 3. The fourth-order valence-electron chi connectivity index (χ4n) is 4.28. The molecular formula is C23H30F3N3O3. The van der Waals surface area contributed by atoms with E-state index in [0.717, 1.165) is 0 Å². The molecule has 176 valence electrons. The van der Waals surface area contributed by atoms with Crippen molar-refractivity contribution in [2.45, 2.75) is 70.3 Å². The molecule has 1 saturated heterocycles. The van der Waals surface area contributed by atoms with Gasteiger partial charge in [-0.25, -0.2) is 13.2 Å². The summed E-state index contributed by atoms with van der Waals surface area (Å²) in [5.74, 6) is -5.67. The van der Waals surface area contributed by atoms with Crippen molar-refractivity contribution >= 4 is 23.4 Å². The Bertz CT molecular complexity index is 888. The maximum Gasteiger partial charge on any atom is 0.248 e. The van der Waals surface area contributed by atoms with E-state index >= 15 is 0 Å². The molecule has 0 aromatic heterocycles. The third-order valence-corrected chi connectivity index (χ3v) is 6.21. The number of benzene rings is 1. The Morgan fingerprint density at radius 3 is 2.38 bits per heavy atom. The molecule has 3 amide bonds. The van der Waals surface area contributed by atoms with Crippen LogP contribution in [0.25, 0.3) is 0 Å². The lowest BCUT2D eigenvalue weighted by atomic mass is 9.81. The second-order valence-electron chi connectivity index (χ2n) is 9.82. The Morgan fingerprint density at radius 2 is 1.84 bits per heavy atom. The van der Waals surface area contributed by atoms with E-state index in [4.69, 9.17) is 0 Å². The van der Waals surface area contributed by atoms with Crippen molar-refractivity contribution in [1.29, 1.82) is 0 Å². The van der Waals surface area contributed by atoms with Gasteiger partial charge in [0.1, 0.15) is 11.9 Å². The van der Waals surface area contributed by atoms with Crippen LogP contribution in [0.2, 0.25) is 0 Å². The van der Waals surface area contributed by atoms with E-state index in [1.165, 1.54) is 6.07 Å². The third kappa shape index (κ3) is 5.81. The lowest BCUT2D eigenvalue weighted by Gasteiger charge is -2.33. The van der Waals surface area contributed by atoms with Gasteiger partial charge in [0.2, 0.25) is 23.6 Å². The van der Waals surface area contributed by atoms with Crippen LogP contribution >= 0.6 is 0 Å². The van der Waals surface area contributed by atoms with Gasteiger partial charge in [0, 0.05) is 31.5 Å². The van der Waals surface area contributed by atoms with Crippen molar-refractivity contribution in [1.82, 2.24) is 10.6 Å². The molecule has 0 spiro atoms. The number of rotatable bonds is 5. The summed E-state index contributed by atoms with van der Waals surface area (Å²) in [6.07, 6.45) is -0.567. The molecule has 3 rings (SSSR count). The minimum atomic E-state index is -2.78. The highest BCUT2D eigenvalue weighted by Gasteiger charge is 2.41. The molecule has 0 unspecified atom stereocenters. The topological polar surface area (TPSA) is 87.3 Å². The van der Waals surface area contributed by atoms with Crippen LogP contribution in [0.5, 0.6) is 0 Å². The molecule has 1 heterocycles. The average Bonchev–Trinajstić information content (AvgIpc) is 3.12. The zero-order chi connectivity index (χ0) is 23.7. The number of carbonyl (C=O) groups is 3. The predicted molar refractivity (Wildman–Crippen MR) is 114 cm³/mol. The molecule has 1 aromatic carbocycles. The number of hydrogen-bond acceptors (Lipinski definition) is 3. The molecule has 0 radical (unpaired) electrons. The number of nitrogens with one attached hydrogen (secondary N) is 3. The monoisotopic (exact) mass is 453 g/mol. The number of carbonyl (C=O) groups excluding carboxylic acids is 3. The van der Waals surface area contributed by atoms with Crippen LogP contribution in [0, 0.1) is 17.7 Å². The van der Waals surface area contributed by atoms with E-state index < -0.39 is 46.8 Å². The lowest BCUT2D eigenvalue weighted by Crippen LogP contribution is -2.51. The molecular weight excluding hydrogens is 423 g/mol. The molecule has 1 aromatic rings. The van der Waals surface area contributed by atoms with E-state index in [9.17, 15) is 27.6 Å². The van der Waals surface area contributed by atoms with Crippen molar-refractivity contribution in [3.8, 4) is 0 Å². The molecule has 6 nitrogen and oxygen atoms in total. The van der Waals surface area contributed by atoms with Gasteiger partial charge >= 0.3 is 0 Å². The van der Waals surface area contributed by atoms with E-state index in [-0.39, 0.29) is 50.2 Å². The highest BCUT2D eigenvalue weighted by Crippen LogP contribution is 2.38. The van der Waals surface area contributed by atoms with Crippen LogP contribution in [-0.2, 0) is 19.8 Å². The number of anilines is 1. The van der Waals surface area contributed by atoms with Crippen molar-refractivity contribution in [3.05, 3.63) is 29.6 Å². The predicted octanol–water partition coefficient (Wildman–Crippen LogP) is 3.51. The Labute approximate surface area is 185 Å². The number of alkyl halides is 2. The molecule has 3 N–H and O–H groups in total. The van der Waals surface area contributed by atoms with Crippen LogP contribution in [0.4, 0.5) is 18.9 Å². The SMILES string of the molecule is CC(C)(C)c1ccc(NC(=O)[C@@H](NC(=O)[C@H]2CNC(=O)C2)C2CCC(F)(F)CC2)cc1F. The van der Waals surface area contributed by atoms with Crippen molar-refractivity contribution in [2.75, 3.05) is 11.9 Å². The van der Waals surface area contributed by atoms with Gasteiger partial charge < -0.3 is 16.0 Å². The van der Waals surface area contributed by atoms with Crippen molar-refractivity contribution < 1.29 is 27.6 Å². The minimum absolute atomic E-state index is 0.0163. The maximum atomic E-state index is 14.5. The summed E-state index contributed by atoms with van der Waals surface area (Å²) in [6, 6.07) is 3.33. The molecule has 0 bridgehead atoms. The molecule has 1 aliphatic heterocycles. The Morgan fingerprint density at radius 1 is 1.19 bits per heavy atom. The summed E-state index contributed by atoms with van der Waals surface area (Å²) >= 11 is 0. The lowest BCUT2D eigenvalue weighted by molar-refractivity contribution is -0.131. The normalized spacial score (nSPS) is 22.2. The van der Waals surface area contributed by atoms with Crippen LogP contribution in [0.3, 0.4) is 0 Å². The van der Waals surface area contributed by atoms with E-state index in [2.05, 4.69) is 16.0 Å². The number of hydrogen-bond donors (Lipinski definition) is 3. The Hall–Kier alpha value is -2.58. The van der Waals surface area contributed by atoms with Crippen LogP contribution in [0.1, 0.15) is 58.4 Å². The second kappa shape index (κ2) is 9.11. The third-order valence-electron chi connectivity index (χ3n) is 6.21. The van der Waals surface area contributed by atoms with Crippen LogP contribution in [-0.4, -0.2) is 36.2 Å². The summed E-state index contributed by atoms with van der Waals surface area (Å²) in [6.45, 7) is 5.78. The van der Waals surface area contributed by atoms with Gasteiger partial charge in [-0.05, 0) is 41.9 Å². The van der Waals surface area contributed by atoms with Crippen LogP contribution in [0.15, 0.2) is 18.2 Å². The van der Waals surface area contributed by atoms with Gasteiger partial charge in [0.05, 0.1) is 5.92 Å². The molecule has 9 heteroatoms. The first-order chi connectivity index (χ1) is 14.9. The molecule has 2 atom stereocenters. The largest absolute Gasteiger partial charge is 0.355 e. The summed E-state index contributed by atoms with van der Waals surface area (Å²) in [4.78, 5) is 37.1. The van der Waals surface area contributed by atoms with Gasteiger partial charge in [0.15, 0.2) is 0 Å². The Balaban J connectivity index is 1.76. The van der Waals surface area contributed by atoms with E-state index in [1.807, 2.05) is 20.8 Å². The summed E-state index contributed by atoms with van der Waals surface area (Å²) < 4.78 is 41.8. The summed E-state index contributed by atoms with van der Waals surface area (Å²) in [5, 5.41) is 7.85. The number of halogens is 3. The quantitative estimate of drug-likeness (QED) is 0.638. The van der Waals surface area contributed by atoms with E-state index in [1.54, 1.807) is 12.1 Å². The minimum Gasteiger partial charge on any atom is -0.355 e. The highest BCUT2D eigenvalue weighted by atomic mass is 19.3. The Kier molecular flexibility index (Phi) is 6.86. The van der Waals surface area contributed by atoms with Crippen molar-refractivity contribution in [2.24, 2.45) is 11.8 Å². The van der Waals surface area contributed by atoms with Gasteiger partial charge in [-0.2, -0.15) is 0 Å². The molecule has 1 aliphatic carbocycles. The first-order valence-electron chi connectivity index (χ1n) is 10.9. The fourth-order valence-corrected chi connectivity index (χ4v) is 4.28. The molecule has 1 saturated carbocycles. The smallest absolute Gasteiger partial charge is 0.248 e. The molecule has 32 heavy (non-hydrogen) atoms. The fraction of sp³-hybridized carbons (Fsp3) is 0.609. The second-order valence-corrected chi connectivity index (χ2v) is 9.82. The highest BCUT2D eigenvalue weighted by molar-refractivity contribution is 5.98. The van der Waals surface area contributed by atoms with Gasteiger partial charge in [-0.15, -0.1) is 0 Å². The molecule has 2 aliphatic rings. The maximum absolute atomic E-state index is 14.5. The average molecular weight is 454 g/mol. The van der Waals surface area contributed by atoms with Crippen LogP contribution < -0.4 is 16.0 Å². The van der Waals surface area contributed by atoms with Gasteiger partial charge in [0.25, 0.3) is 0 Å². The zero-order valence-electron chi connectivity index (χ0n) is 18.6. The first kappa shape index (κ1) is 24.1. The van der Waals surface area contributed by atoms with Gasteiger partial charge in [-0.1, -0.05) is 26.8 Å². The molecule has 2 fully saturated rings. The first-order valence-corrected chi connectivity index (χ1v) is 10.9. The van der Waals surface area contributed by atoms with Crippen molar-refractivity contribution in [3.63, 3.8) is 0 Å². The summed E-state index contributed by atoms with van der Waals surface area (Å²) in [7, 11) is 0. The summed E-state index contributed by atoms with van der Waals surface area (Å²) in [5.41, 5.74) is 0.301. The zero-order valence-corrected chi connectivity index (χ0v) is 18.6. The van der Waals surface area contributed by atoms with E-state index in [0.29, 0.717) is 5.56 Å². The van der Waals surface area contributed by atoms with Gasteiger partial charge in [-0.3, -0.25) is 14.4 Å².